The van der Waals surface area contributed by atoms with Gasteiger partial charge in [-0.2, -0.15) is 0 Å². The number of rotatable bonds is 7. The van der Waals surface area contributed by atoms with Gasteiger partial charge in [-0.25, -0.2) is 4.39 Å². The lowest BCUT2D eigenvalue weighted by atomic mass is 10.0. The second kappa shape index (κ2) is 7.87. The summed E-state index contributed by atoms with van der Waals surface area (Å²) < 4.78 is 13.7. The molecule has 1 aromatic rings. The van der Waals surface area contributed by atoms with Crippen LogP contribution in [0.2, 0.25) is 0 Å². The van der Waals surface area contributed by atoms with E-state index in [9.17, 15) is 4.39 Å². The van der Waals surface area contributed by atoms with Gasteiger partial charge in [-0.15, -0.1) is 0 Å². The number of aryl methyl sites for hydroxylation is 1. The van der Waals surface area contributed by atoms with Crippen LogP contribution in [0.25, 0.3) is 0 Å². The Morgan fingerprint density at radius 3 is 2.95 bits per heavy atom. The SMILES string of the molecule is CNC(CCN1CCC(CCO)C1)c1ccc(C)c(F)c1. The van der Waals surface area contributed by atoms with E-state index < -0.39 is 0 Å². The Hall–Kier alpha value is -0.970. The fourth-order valence-corrected chi connectivity index (χ4v) is 3.15. The van der Waals surface area contributed by atoms with Crippen molar-refractivity contribution in [3.63, 3.8) is 0 Å². The number of halogens is 1. The number of aliphatic hydroxyl groups is 1. The van der Waals surface area contributed by atoms with Crippen molar-refractivity contribution in [2.45, 2.75) is 32.2 Å². The number of nitrogens with zero attached hydrogens (tertiary/aromatic N) is 1. The van der Waals surface area contributed by atoms with Crippen molar-refractivity contribution >= 4 is 0 Å². The van der Waals surface area contributed by atoms with Crippen LogP contribution in [0.15, 0.2) is 18.2 Å². The topological polar surface area (TPSA) is 35.5 Å². The van der Waals surface area contributed by atoms with Gasteiger partial charge in [0.15, 0.2) is 0 Å². The molecule has 1 fully saturated rings. The molecule has 2 rings (SSSR count). The zero-order chi connectivity index (χ0) is 15.2. The van der Waals surface area contributed by atoms with Gasteiger partial charge in [-0.3, -0.25) is 0 Å². The highest BCUT2D eigenvalue weighted by atomic mass is 19.1. The van der Waals surface area contributed by atoms with Gasteiger partial charge in [0.2, 0.25) is 0 Å². The number of likely N-dealkylation sites (tertiary alicyclic amines) is 1. The number of benzene rings is 1. The predicted molar refractivity (Wildman–Crippen MR) is 83.8 cm³/mol. The first-order chi connectivity index (χ1) is 10.1. The molecule has 0 amide bonds. The third-order valence-electron chi connectivity index (χ3n) is 4.59. The third kappa shape index (κ3) is 4.50. The number of hydrogen-bond acceptors (Lipinski definition) is 3. The molecule has 1 aromatic carbocycles. The van der Waals surface area contributed by atoms with Crippen LogP contribution < -0.4 is 5.32 Å². The van der Waals surface area contributed by atoms with Crippen LogP contribution >= 0.6 is 0 Å². The fourth-order valence-electron chi connectivity index (χ4n) is 3.15. The van der Waals surface area contributed by atoms with E-state index in [0.29, 0.717) is 18.1 Å². The van der Waals surface area contributed by atoms with Crippen LogP contribution in [0.1, 0.15) is 36.4 Å². The molecule has 1 heterocycles. The Morgan fingerprint density at radius 1 is 1.48 bits per heavy atom. The molecule has 2 unspecified atom stereocenters. The van der Waals surface area contributed by atoms with Gasteiger partial charge in [-0.05, 0) is 69.4 Å². The number of nitrogens with one attached hydrogen (secondary N) is 1. The molecule has 2 N–H and O–H groups in total. The molecule has 3 nitrogen and oxygen atoms in total. The molecule has 4 heteroatoms. The highest BCUT2D eigenvalue weighted by Crippen LogP contribution is 2.23. The summed E-state index contributed by atoms with van der Waals surface area (Å²) in [5.41, 5.74) is 1.71. The van der Waals surface area contributed by atoms with Gasteiger partial charge in [0.1, 0.15) is 5.82 Å². The Morgan fingerprint density at radius 2 is 2.29 bits per heavy atom. The minimum Gasteiger partial charge on any atom is -0.396 e. The van der Waals surface area contributed by atoms with Gasteiger partial charge in [0, 0.05) is 19.2 Å². The summed E-state index contributed by atoms with van der Waals surface area (Å²) in [7, 11) is 1.93. The van der Waals surface area contributed by atoms with Gasteiger partial charge < -0.3 is 15.3 Å². The molecule has 1 aliphatic rings. The Bertz CT molecular complexity index is 452. The molecule has 1 saturated heterocycles. The van der Waals surface area contributed by atoms with Crippen molar-refractivity contribution in [2.75, 3.05) is 33.3 Å². The van der Waals surface area contributed by atoms with Gasteiger partial charge in [0.05, 0.1) is 0 Å². The summed E-state index contributed by atoms with van der Waals surface area (Å²) in [6.07, 6.45) is 3.07. The zero-order valence-corrected chi connectivity index (χ0v) is 13.1. The zero-order valence-electron chi connectivity index (χ0n) is 13.1. The highest BCUT2D eigenvalue weighted by molar-refractivity contribution is 5.25. The van der Waals surface area contributed by atoms with E-state index in [0.717, 1.165) is 38.0 Å². The molecule has 21 heavy (non-hydrogen) atoms. The maximum Gasteiger partial charge on any atom is 0.126 e. The standard InChI is InChI=1S/C17H27FN2O/c1-13-3-4-15(11-16(13)18)17(19-2)6-9-20-8-5-14(12-20)7-10-21/h3-4,11,14,17,19,21H,5-10,12H2,1-2H3. The first kappa shape index (κ1) is 16.4. The lowest BCUT2D eigenvalue weighted by molar-refractivity contribution is 0.248. The second-order valence-electron chi connectivity index (χ2n) is 6.11. The predicted octanol–water partition coefficient (Wildman–Crippen LogP) is 2.49. The van der Waals surface area contributed by atoms with Crippen LogP contribution in [-0.2, 0) is 0 Å². The van der Waals surface area contributed by atoms with Crippen LogP contribution in [0.5, 0.6) is 0 Å². The minimum absolute atomic E-state index is 0.128. The average molecular weight is 294 g/mol. The molecule has 0 aromatic heterocycles. The lowest BCUT2D eigenvalue weighted by Crippen LogP contribution is -2.27. The van der Waals surface area contributed by atoms with Crippen LogP contribution in [0, 0.1) is 18.7 Å². The van der Waals surface area contributed by atoms with Crippen molar-refractivity contribution in [1.82, 2.24) is 10.2 Å². The molecule has 0 spiro atoms. The molecule has 118 valence electrons. The summed E-state index contributed by atoms with van der Waals surface area (Å²) >= 11 is 0. The van der Waals surface area contributed by atoms with E-state index in [2.05, 4.69) is 10.2 Å². The van der Waals surface area contributed by atoms with Crippen molar-refractivity contribution < 1.29 is 9.50 Å². The molecule has 1 aliphatic heterocycles. The van der Waals surface area contributed by atoms with E-state index in [1.165, 1.54) is 6.42 Å². The monoisotopic (exact) mass is 294 g/mol. The van der Waals surface area contributed by atoms with Crippen molar-refractivity contribution in [1.29, 1.82) is 0 Å². The van der Waals surface area contributed by atoms with E-state index in [4.69, 9.17) is 5.11 Å². The quantitative estimate of drug-likeness (QED) is 0.811. The second-order valence-corrected chi connectivity index (χ2v) is 6.11. The Balaban J connectivity index is 1.87. The smallest absolute Gasteiger partial charge is 0.126 e. The number of aliphatic hydroxyl groups excluding tert-OH is 1. The summed E-state index contributed by atoms with van der Waals surface area (Å²) in [6.45, 7) is 5.30. The van der Waals surface area contributed by atoms with E-state index in [1.807, 2.05) is 19.2 Å². The molecule has 2 atom stereocenters. The van der Waals surface area contributed by atoms with Gasteiger partial charge in [-0.1, -0.05) is 12.1 Å². The van der Waals surface area contributed by atoms with Crippen molar-refractivity contribution in [2.24, 2.45) is 5.92 Å². The normalized spacial score (nSPS) is 20.9. The van der Waals surface area contributed by atoms with Crippen molar-refractivity contribution in [3.05, 3.63) is 35.1 Å². The summed E-state index contributed by atoms with van der Waals surface area (Å²) in [6, 6.07) is 5.70. The molecular formula is C17H27FN2O. The Labute approximate surface area is 127 Å². The third-order valence-corrected chi connectivity index (χ3v) is 4.59. The molecular weight excluding hydrogens is 267 g/mol. The van der Waals surface area contributed by atoms with E-state index >= 15 is 0 Å². The highest BCUT2D eigenvalue weighted by Gasteiger charge is 2.22. The molecule has 0 radical (unpaired) electrons. The largest absolute Gasteiger partial charge is 0.396 e. The van der Waals surface area contributed by atoms with E-state index in [-0.39, 0.29) is 11.9 Å². The van der Waals surface area contributed by atoms with Gasteiger partial charge >= 0.3 is 0 Å². The Kier molecular flexibility index (Phi) is 6.15. The number of hydrogen-bond donors (Lipinski definition) is 2. The molecule has 0 bridgehead atoms. The maximum atomic E-state index is 13.7. The average Bonchev–Trinajstić information content (AvgIpc) is 2.91. The van der Waals surface area contributed by atoms with Gasteiger partial charge in [0.25, 0.3) is 0 Å². The fraction of sp³-hybridized carbons (Fsp3) is 0.647. The van der Waals surface area contributed by atoms with E-state index in [1.54, 1.807) is 13.0 Å². The van der Waals surface area contributed by atoms with Crippen LogP contribution in [0.4, 0.5) is 4.39 Å². The van der Waals surface area contributed by atoms with Crippen molar-refractivity contribution in [3.8, 4) is 0 Å². The summed E-state index contributed by atoms with van der Waals surface area (Å²) in [4.78, 5) is 2.45. The molecule has 0 saturated carbocycles. The lowest BCUT2D eigenvalue weighted by Gasteiger charge is -2.22. The first-order valence-corrected chi connectivity index (χ1v) is 7.90. The maximum absolute atomic E-state index is 13.7. The first-order valence-electron chi connectivity index (χ1n) is 7.90. The molecule has 0 aliphatic carbocycles. The van der Waals surface area contributed by atoms with Crippen LogP contribution in [-0.4, -0.2) is 43.3 Å². The summed E-state index contributed by atoms with van der Waals surface area (Å²) in [5, 5.41) is 12.3. The summed E-state index contributed by atoms with van der Waals surface area (Å²) in [5.74, 6) is 0.511. The minimum atomic E-state index is -0.128. The van der Waals surface area contributed by atoms with Crippen LogP contribution in [0.3, 0.4) is 0 Å².